The van der Waals surface area contributed by atoms with Crippen molar-refractivity contribution in [1.82, 2.24) is 10.6 Å². The first kappa shape index (κ1) is 22.2. The lowest BCUT2D eigenvalue weighted by Crippen LogP contribution is -2.54. The lowest BCUT2D eigenvalue weighted by Gasteiger charge is -2.32. The molecule has 0 aromatic heterocycles. The summed E-state index contributed by atoms with van der Waals surface area (Å²) in [5.41, 5.74) is 0. The summed E-state index contributed by atoms with van der Waals surface area (Å²) in [6, 6.07) is 13.4. The van der Waals surface area contributed by atoms with Crippen LogP contribution in [0.5, 0.6) is 11.5 Å². The van der Waals surface area contributed by atoms with Crippen LogP contribution < -0.4 is 20.1 Å². The van der Waals surface area contributed by atoms with Crippen molar-refractivity contribution in [2.45, 2.75) is 37.8 Å². The predicted molar refractivity (Wildman–Crippen MR) is 116 cm³/mol. The normalized spacial score (nSPS) is 18.3. The molecule has 30 heavy (non-hydrogen) atoms. The molecule has 1 aliphatic rings. The van der Waals surface area contributed by atoms with Gasteiger partial charge in [0.1, 0.15) is 11.5 Å². The van der Waals surface area contributed by atoms with Crippen LogP contribution in [0, 0.1) is 0 Å². The van der Waals surface area contributed by atoms with Crippen molar-refractivity contribution in [1.29, 1.82) is 0 Å². The van der Waals surface area contributed by atoms with Gasteiger partial charge in [-0.15, -0.1) is 0 Å². The topological polar surface area (TPSA) is 76.7 Å². The summed E-state index contributed by atoms with van der Waals surface area (Å²) in [4.78, 5) is 24.6. The summed E-state index contributed by atoms with van der Waals surface area (Å²) >= 11 is 11.7. The summed E-state index contributed by atoms with van der Waals surface area (Å²) in [6.45, 7) is -0.197. The number of hydrogen-bond donors (Lipinski definition) is 2. The van der Waals surface area contributed by atoms with E-state index in [1.165, 1.54) is 0 Å². The first-order chi connectivity index (χ1) is 14.5. The van der Waals surface area contributed by atoms with E-state index in [0.29, 0.717) is 21.5 Å². The van der Waals surface area contributed by atoms with Gasteiger partial charge in [-0.2, -0.15) is 0 Å². The molecular weight excluding hydrogens is 427 g/mol. The van der Waals surface area contributed by atoms with Gasteiger partial charge >= 0.3 is 0 Å². The third kappa shape index (κ3) is 7.11. The molecule has 2 atom stereocenters. The van der Waals surface area contributed by atoms with Crippen molar-refractivity contribution in [2.24, 2.45) is 0 Å². The van der Waals surface area contributed by atoms with E-state index >= 15 is 0 Å². The van der Waals surface area contributed by atoms with Crippen LogP contribution in [-0.4, -0.2) is 37.1 Å². The van der Waals surface area contributed by atoms with Gasteiger partial charge in [0, 0.05) is 22.1 Å². The maximum Gasteiger partial charge on any atom is 0.258 e. The van der Waals surface area contributed by atoms with Gasteiger partial charge in [-0.1, -0.05) is 36.0 Å². The van der Waals surface area contributed by atoms with Crippen LogP contribution in [0.2, 0.25) is 10.0 Å². The molecule has 0 heterocycles. The summed E-state index contributed by atoms with van der Waals surface area (Å²) in [5.74, 6) is 0.687. The molecule has 0 bridgehead atoms. The van der Waals surface area contributed by atoms with Crippen LogP contribution in [0.15, 0.2) is 48.5 Å². The van der Waals surface area contributed by atoms with Gasteiger partial charge in [-0.25, -0.2) is 0 Å². The number of carbonyl (C=O) groups excluding carboxylic acids is 2. The molecule has 0 saturated heterocycles. The lowest BCUT2D eigenvalue weighted by atomic mass is 9.90. The number of carbonyl (C=O) groups is 2. The van der Waals surface area contributed by atoms with Gasteiger partial charge in [-0.3, -0.25) is 9.59 Å². The van der Waals surface area contributed by atoms with Gasteiger partial charge in [0.15, 0.2) is 13.2 Å². The fourth-order valence-corrected chi connectivity index (χ4v) is 3.58. The van der Waals surface area contributed by atoms with E-state index in [-0.39, 0.29) is 37.1 Å². The highest BCUT2D eigenvalue weighted by Gasteiger charge is 2.28. The summed E-state index contributed by atoms with van der Waals surface area (Å²) < 4.78 is 11.0. The standard InChI is InChI=1S/C22H24Cl2N2O4/c23-15-5-9-17(10-6-15)29-13-21(27)25-19-3-1-2-4-20(19)26-22(28)14-30-18-11-7-16(24)8-12-18/h5-12,19-20H,1-4,13-14H2,(H,25,27)(H,26,28)/t19-,20-/m0/s1. The molecule has 1 aliphatic carbocycles. The molecule has 1 fully saturated rings. The zero-order valence-corrected chi connectivity index (χ0v) is 17.9. The van der Waals surface area contributed by atoms with Gasteiger partial charge in [0.2, 0.25) is 0 Å². The maximum atomic E-state index is 12.3. The Hall–Kier alpha value is -2.44. The zero-order valence-electron chi connectivity index (χ0n) is 16.4. The number of benzene rings is 2. The summed E-state index contributed by atoms with van der Waals surface area (Å²) in [5, 5.41) is 7.16. The highest BCUT2D eigenvalue weighted by atomic mass is 35.5. The molecule has 0 unspecified atom stereocenters. The van der Waals surface area contributed by atoms with Crippen LogP contribution in [0.25, 0.3) is 0 Å². The first-order valence-electron chi connectivity index (χ1n) is 9.85. The van der Waals surface area contributed by atoms with Crippen LogP contribution in [-0.2, 0) is 9.59 Å². The molecule has 1 saturated carbocycles. The third-order valence-corrected chi connectivity index (χ3v) is 5.33. The Labute approximate surface area is 185 Å². The van der Waals surface area contributed by atoms with E-state index in [1.807, 2.05) is 0 Å². The van der Waals surface area contributed by atoms with Crippen molar-refractivity contribution in [2.75, 3.05) is 13.2 Å². The minimum atomic E-state index is -0.228. The molecule has 2 amide bonds. The average molecular weight is 451 g/mol. The Morgan fingerprint density at radius 3 is 1.47 bits per heavy atom. The molecular formula is C22H24Cl2N2O4. The molecule has 8 heteroatoms. The van der Waals surface area contributed by atoms with Gasteiger partial charge in [-0.05, 0) is 61.4 Å². The van der Waals surface area contributed by atoms with Crippen molar-refractivity contribution >= 4 is 35.0 Å². The number of ether oxygens (including phenoxy) is 2. The molecule has 2 N–H and O–H groups in total. The van der Waals surface area contributed by atoms with Crippen LogP contribution in [0.3, 0.4) is 0 Å². The van der Waals surface area contributed by atoms with Crippen molar-refractivity contribution in [3.63, 3.8) is 0 Å². The van der Waals surface area contributed by atoms with E-state index in [2.05, 4.69) is 10.6 Å². The van der Waals surface area contributed by atoms with Crippen molar-refractivity contribution < 1.29 is 19.1 Å². The monoisotopic (exact) mass is 450 g/mol. The largest absolute Gasteiger partial charge is 0.484 e. The molecule has 0 aliphatic heterocycles. The molecule has 160 valence electrons. The predicted octanol–water partition coefficient (Wildman–Crippen LogP) is 3.99. The Balaban J connectivity index is 1.45. The fourth-order valence-electron chi connectivity index (χ4n) is 3.33. The molecule has 2 aromatic carbocycles. The van der Waals surface area contributed by atoms with Gasteiger partial charge < -0.3 is 20.1 Å². The Kier molecular flexibility index (Phi) is 8.22. The smallest absolute Gasteiger partial charge is 0.258 e. The van der Waals surface area contributed by atoms with Crippen molar-refractivity contribution in [3.05, 3.63) is 58.6 Å². The molecule has 2 aromatic rings. The summed E-state index contributed by atoms with van der Waals surface area (Å²) in [7, 11) is 0. The van der Waals surface area contributed by atoms with Crippen LogP contribution in [0.1, 0.15) is 25.7 Å². The molecule has 0 radical (unpaired) electrons. The highest BCUT2D eigenvalue weighted by molar-refractivity contribution is 6.30. The quantitative estimate of drug-likeness (QED) is 0.637. The van der Waals surface area contributed by atoms with E-state index < -0.39 is 0 Å². The first-order valence-corrected chi connectivity index (χ1v) is 10.6. The molecule has 3 rings (SSSR count). The number of hydrogen-bond acceptors (Lipinski definition) is 4. The van der Waals surface area contributed by atoms with Crippen LogP contribution >= 0.6 is 23.2 Å². The average Bonchev–Trinajstić information content (AvgIpc) is 2.74. The van der Waals surface area contributed by atoms with Gasteiger partial charge in [0.05, 0.1) is 0 Å². The minimum Gasteiger partial charge on any atom is -0.484 e. The molecule has 6 nitrogen and oxygen atoms in total. The fraction of sp³-hybridized carbons (Fsp3) is 0.364. The third-order valence-electron chi connectivity index (χ3n) is 4.83. The van der Waals surface area contributed by atoms with E-state index in [9.17, 15) is 9.59 Å². The lowest BCUT2D eigenvalue weighted by molar-refractivity contribution is -0.127. The second-order valence-corrected chi connectivity index (χ2v) is 7.99. The highest BCUT2D eigenvalue weighted by Crippen LogP contribution is 2.20. The Morgan fingerprint density at radius 1 is 0.733 bits per heavy atom. The minimum absolute atomic E-state index is 0.0987. The number of amides is 2. The summed E-state index contributed by atoms with van der Waals surface area (Å²) in [6.07, 6.45) is 3.60. The van der Waals surface area contributed by atoms with E-state index in [4.69, 9.17) is 32.7 Å². The Morgan fingerprint density at radius 2 is 1.10 bits per heavy atom. The van der Waals surface area contributed by atoms with Crippen molar-refractivity contribution in [3.8, 4) is 11.5 Å². The Bertz CT molecular complexity index is 772. The molecule has 0 spiro atoms. The number of nitrogens with one attached hydrogen (secondary N) is 2. The number of rotatable bonds is 8. The zero-order chi connectivity index (χ0) is 21.3. The maximum absolute atomic E-state index is 12.3. The van der Waals surface area contributed by atoms with E-state index in [1.54, 1.807) is 48.5 Å². The van der Waals surface area contributed by atoms with Crippen LogP contribution in [0.4, 0.5) is 0 Å². The van der Waals surface area contributed by atoms with Gasteiger partial charge in [0.25, 0.3) is 11.8 Å². The SMILES string of the molecule is O=C(COc1ccc(Cl)cc1)N[C@H]1CCCC[C@@H]1NC(=O)COc1ccc(Cl)cc1. The second kappa shape index (κ2) is 11.1. The van der Waals surface area contributed by atoms with E-state index in [0.717, 1.165) is 25.7 Å². The number of halogens is 2. The second-order valence-electron chi connectivity index (χ2n) is 7.12.